The average molecular weight is 402 g/mol. The van der Waals surface area contributed by atoms with E-state index in [0.29, 0.717) is 11.5 Å². The van der Waals surface area contributed by atoms with Crippen LogP contribution in [-0.2, 0) is 6.54 Å². The van der Waals surface area contributed by atoms with Crippen molar-refractivity contribution in [3.63, 3.8) is 0 Å². The highest BCUT2D eigenvalue weighted by Gasteiger charge is 2.50. The van der Waals surface area contributed by atoms with E-state index in [1.165, 1.54) is 44.1 Å². The summed E-state index contributed by atoms with van der Waals surface area (Å²) in [6.45, 7) is 0.925. The largest absolute Gasteiger partial charge is 0.423 e. The van der Waals surface area contributed by atoms with Crippen LogP contribution >= 0.6 is 0 Å². The van der Waals surface area contributed by atoms with Gasteiger partial charge in [0.25, 0.3) is 0 Å². The minimum Gasteiger partial charge on any atom is -0.423 e. The maximum Gasteiger partial charge on any atom is 0.345 e. The standard InChI is InChI=1S/C24H27N5O/c1-2-4-21(5-3-1)29-23(26-27-28-29)30-22-8-6-17(7-9-22)16-25-24-13-18-10-19(14-24)12-20(11-18)15-24/h1-9,18-20,25H,10-16H2. The van der Waals surface area contributed by atoms with Crippen molar-refractivity contribution in [2.75, 3.05) is 0 Å². The Morgan fingerprint density at radius 3 is 2.23 bits per heavy atom. The van der Waals surface area contributed by atoms with E-state index < -0.39 is 0 Å². The van der Waals surface area contributed by atoms with Crippen LogP contribution in [0.3, 0.4) is 0 Å². The first-order chi connectivity index (χ1) is 14.7. The normalized spacial score (nSPS) is 29.3. The number of hydrogen-bond donors (Lipinski definition) is 1. The fraction of sp³-hybridized carbons (Fsp3) is 0.458. The van der Waals surface area contributed by atoms with Gasteiger partial charge in [-0.25, -0.2) is 0 Å². The molecule has 0 saturated heterocycles. The average Bonchev–Trinajstić information content (AvgIpc) is 3.21. The number of ether oxygens (including phenoxy) is 1. The summed E-state index contributed by atoms with van der Waals surface area (Å²) in [5.41, 5.74) is 2.55. The zero-order valence-electron chi connectivity index (χ0n) is 17.1. The molecule has 0 amide bonds. The fourth-order valence-electron chi connectivity index (χ4n) is 6.37. The van der Waals surface area contributed by atoms with Gasteiger partial charge in [-0.2, -0.15) is 4.68 Å². The molecule has 1 N–H and O–H groups in total. The number of rotatable bonds is 6. The minimum atomic E-state index is 0.362. The summed E-state index contributed by atoms with van der Waals surface area (Å²) in [5.74, 6) is 3.64. The van der Waals surface area contributed by atoms with E-state index in [2.05, 4.69) is 33.0 Å². The van der Waals surface area contributed by atoms with Crippen molar-refractivity contribution in [3.8, 4) is 17.4 Å². The van der Waals surface area contributed by atoms with Gasteiger partial charge in [-0.1, -0.05) is 35.4 Å². The Kier molecular flexibility index (Phi) is 4.34. The van der Waals surface area contributed by atoms with E-state index in [4.69, 9.17) is 4.74 Å². The third kappa shape index (κ3) is 3.39. The summed E-state index contributed by atoms with van der Waals surface area (Å²) >= 11 is 0. The SMILES string of the molecule is c1ccc(-n2nnnc2Oc2ccc(CNC34CC5CC(CC(C5)C3)C4)cc2)cc1. The van der Waals surface area contributed by atoms with E-state index in [1.807, 2.05) is 42.5 Å². The molecular weight excluding hydrogens is 374 g/mol. The Hall–Kier alpha value is -2.73. The predicted octanol–water partition coefficient (Wildman–Crippen LogP) is 4.51. The van der Waals surface area contributed by atoms with Gasteiger partial charge in [-0.05, 0) is 96.5 Å². The van der Waals surface area contributed by atoms with E-state index in [0.717, 1.165) is 35.7 Å². The van der Waals surface area contributed by atoms with Gasteiger partial charge in [0.1, 0.15) is 5.75 Å². The van der Waals surface area contributed by atoms with Crippen molar-refractivity contribution in [2.45, 2.75) is 50.6 Å². The van der Waals surface area contributed by atoms with Gasteiger partial charge in [0, 0.05) is 12.1 Å². The molecule has 3 aromatic rings. The highest BCUT2D eigenvalue weighted by Crippen LogP contribution is 2.55. The number of aromatic nitrogens is 4. The zero-order valence-corrected chi connectivity index (χ0v) is 17.1. The van der Waals surface area contributed by atoms with Crippen molar-refractivity contribution >= 4 is 0 Å². The van der Waals surface area contributed by atoms with Crippen LogP contribution in [0, 0.1) is 17.8 Å². The lowest BCUT2D eigenvalue weighted by Gasteiger charge is -2.57. The summed E-state index contributed by atoms with van der Waals surface area (Å²) < 4.78 is 7.54. The molecule has 154 valence electrons. The molecule has 0 aliphatic heterocycles. The topological polar surface area (TPSA) is 64.9 Å². The molecule has 6 nitrogen and oxygen atoms in total. The molecule has 4 aliphatic carbocycles. The Bertz CT molecular complexity index is 978. The number of nitrogens with zero attached hydrogens (tertiary/aromatic N) is 4. The second-order valence-electron chi connectivity index (χ2n) is 9.51. The van der Waals surface area contributed by atoms with Crippen molar-refractivity contribution in [2.24, 2.45) is 17.8 Å². The van der Waals surface area contributed by atoms with Crippen LogP contribution in [0.2, 0.25) is 0 Å². The van der Waals surface area contributed by atoms with Gasteiger partial charge in [0.05, 0.1) is 5.69 Å². The highest BCUT2D eigenvalue weighted by atomic mass is 16.5. The second-order valence-corrected chi connectivity index (χ2v) is 9.51. The Morgan fingerprint density at radius 2 is 1.57 bits per heavy atom. The van der Waals surface area contributed by atoms with Gasteiger partial charge in [0.2, 0.25) is 0 Å². The molecule has 0 radical (unpaired) electrons. The van der Waals surface area contributed by atoms with Crippen molar-refractivity contribution in [1.29, 1.82) is 0 Å². The van der Waals surface area contributed by atoms with Crippen LogP contribution in [-0.4, -0.2) is 25.7 Å². The maximum absolute atomic E-state index is 5.94. The first kappa shape index (κ1) is 18.1. The number of benzene rings is 2. The van der Waals surface area contributed by atoms with Crippen LogP contribution in [0.15, 0.2) is 54.6 Å². The van der Waals surface area contributed by atoms with Crippen molar-refractivity contribution < 1.29 is 4.74 Å². The highest BCUT2D eigenvalue weighted by molar-refractivity contribution is 5.34. The summed E-state index contributed by atoms with van der Waals surface area (Å²) in [7, 11) is 0. The Morgan fingerprint density at radius 1 is 0.900 bits per heavy atom. The molecule has 4 aliphatic rings. The van der Waals surface area contributed by atoms with Gasteiger partial charge in [0.15, 0.2) is 0 Å². The van der Waals surface area contributed by atoms with Crippen molar-refractivity contribution in [3.05, 3.63) is 60.2 Å². The molecule has 2 aromatic carbocycles. The summed E-state index contributed by atoms with van der Waals surface area (Å²) in [5, 5.41) is 15.8. The van der Waals surface area contributed by atoms with Crippen LogP contribution in [0.1, 0.15) is 44.1 Å². The molecule has 0 spiro atoms. The van der Waals surface area contributed by atoms with Gasteiger partial charge >= 0.3 is 6.01 Å². The lowest BCUT2D eigenvalue weighted by Crippen LogP contribution is -2.58. The molecule has 6 heteroatoms. The molecule has 1 heterocycles. The molecule has 30 heavy (non-hydrogen) atoms. The number of nitrogens with one attached hydrogen (secondary N) is 1. The first-order valence-corrected chi connectivity index (χ1v) is 11.1. The molecule has 0 atom stereocenters. The second kappa shape index (κ2) is 7.20. The lowest BCUT2D eigenvalue weighted by molar-refractivity contribution is -0.0206. The predicted molar refractivity (Wildman–Crippen MR) is 113 cm³/mol. The third-order valence-corrected chi connectivity index (χ3v) is 7.28. The molecule has 0 unspecified atom stereocenters. The molecule has 4 bridgehead atoms. The maximum atomic E-state index is 5.94. The quantitative estimate of drug-likeness (QED) is 0.658. The van der Waals surface area contributed by atoms with Crippen LogP contribution in [0.25, 0.3) is 5.69 Å². The van der Waals surface area contributed by atoms with E-state index in [-0.39, 0.29) is 0 Å². The lowest BCUT2D eigenvalue weighted by atomic mass is 9.53. The van der Waals surface area contributed by atoms with Gasteiger partial charge in [-0.3, -0.25) is 0 Å². The Balaban J connectivity index is 1.11. The summed E-state index contributed by atoms with van der Waals surface area (Å²) in [4.78, 5) is 0. The number of hydrogen-bond acceptors (Lipinski definition) is 5. The number of para-hydroxylation sites is 1. The number of tetrazole rings is 1. The van der Waals surface area contributed by atoms with Gasteiger partial charge in [-0.15, -0.1) is 0 Å². The van der Waals surface area contributed by atoms with Crippen LogP contribution in [0.5, 0.6) is 11.8 Å². The Labute approximate surface area is 176 Å². The minimum absolute atomic E-state index is 0.362. The summed E-state index contributed by atoms with van der Waals surface area (Å²) in [6, 6.07) is 18.4. The van der Waals surface area contributed by atoms with Gasteiger partial charge < -0.3 is 10.1 Å². The van der Waals surface area contributed by atoms with E-state index in [1.54, 1.807) is 4.68 Å². The first-order valence-electron chi connectivity index (χ1n) is 11.1. The molecule has 1 aromatic heterocycles. The van der Waals surface area contributed by atoms with E-state index in [9.17, 15) is 0 Å². The molecule has 7 rings (SSSR count). The van der Waals surface area contributed by atoms with Crippen LogP contribution < -0.4 is 10.1 Å². The fourth-order valence-corrected chi connectivity index (χ4v) is 6.37. The molecular formula is C24H27N5O. The third-order valence-electron chi connectivity index (χ3n) is 7.28. The summed E-state index contributed by atoms with van der Waals surface area (Å²) in [6.07, 6.45) is 8.58. The monoisotopic (exact) mass is 401 g/mol. The van der Waals surface area contributed by atoms with E-state index >= 15 is 0 Å². The molecule has 4 fully saturated rings. The smallest absolute Gasteiger partial charge is 0.345 e. The zero-order chi connectivity index (χ0) is 20.0. The van der Waals surface area contributed by atoms with Crippen LogP contribution in [0.4, 0.5) is 0 Å². The molecule has 4 saturated carbocycles. The van der Waals surface area contributed by atoms with Crippen molar-refractivity contribution in [1.82, 2.24) is 25.5 Å².